The number of hydrogen-bond acceptors (Lipinski definition) is 4. The third-order valence-corrected chi connectivity index (χ3v) is 4.74. The maximum Gasteiger partial charge on any atom is 0.310 e. The standard InChI is InChI=1S/C22H27NO3/c1-2-25-22(24)20-11-7-13-23(17-20)14-15-26-21-12-6-10-19(16-21)18-8-4-3-5-9-18/h3-6,8-10,12,16,20H,2,7,11,13-15,17H2,1H3. The molecule has 0 amide bonds. The summed E-state index contributed by atoms with van der Waals surface area (Å²) in [6.07, 6.45) is 1.96. The van der Waals surface area contributed by atoms with Crippen molar-refractivity contribution in [3.8, 4) is 16.9 Å². The largest absolute Gasteiger partial charge is 0.492 e. The molecule has 1 fully saturated rings. The van der Waals surface area contributed by atoms with Crippen LogP contribution in [0.4, 0.5) is 0 Å². The SMILES string of the molecule is CCOC(=O)C1CCCN(CCOc2cccc(-c3ccccc3)c2)C1. The van der Waals surface area contributed by atoms with Crippen molar-refractivity contribution in [2.75, 3.05) is 32.8 Å². The second-order valence-corrected chi connectivity index (χ2v) is 6.63. The van der Waals surface area contributed by atoms with E-state index in [1.807, 2.05) is 37.3 Å². The zero-order valence-electron chi connectivity index (χ0n) is 15.4. The summed E-state index contributed by atoms with van der Waals surface area (Å²) < 4.78 is 11.1. The van der Waals surface area contributed by atoms with Crippen LogP contribution in [0.3, 0.4) is 0 Å². The number of benzene rings is 2. The van der Waals surface area contributed by atoms with Crippen molar-refractivity contribution in [2.24, 2.45) is 5.92 Å². The molecule has 1 unspecified atom stereocenters. The molecule has 2 aromatic carbocycles. The average molecular weight is 353 g/mol. The molecule has 0 saturated carbocycles. The highest BCUT2D eigenvalue weighted by atomic mass is 16.5. The summed E-state index contributed by atoms with van der Waals surface area (Å²) in [6.45, 7) is 5.54. The number of piperidine rings is 1. The number of nitrogens with zero attached hydrogens (tertiary/aromatic N) is 1. The van der Waals surface area contributed by atoms with Crippen molar-refractivity contribution in [3.05, 3.63) is 54.6 Å². The Kier molecular flexibility index (Phi) is 6.67. The lowest BCUT2D eigenvalue weighted by Crippen LogP contribution is -2.41. The molecule has 3 rings (SSSR count). The monoisotopic (exact) mass is 353 g/mol. The fraction of sp³-hybridized carbons (Fsp3) is 0.409. The number of rotatable bonds is 7. The lowest BCUT2D eigenvalue weighted by Gasteiger charge is -2.31. The molecule has 0 spiro atoms. The van der Waals surface area contributed by atoms with Crippen LogP contribution < -0.4 is 4.74 Å². The molecule has 1 atom stereocenters. The maximum absolute atomic E-state index is 11.9. The molecule has 26 heavy (non-hydrogen) atoms. The minimum absolute atomic E-state index is 0.00473. The van der Waals surface area contributed by atoms with Gasteiger partial charge in [0.2, 0.25) is 0 Å². The first-order valence-electron chi connectivity index (χ1n) is 9.43. The van der Waals surface area contributed by atoms with Gasteiger partial charge in [-0.15, -0.1) is 0 Å². The second-order valence-electron chi connectivity index (χ2n) is 6.63. The van der Waals surface area contributed by atoms with Crippen LogP contribution in [-0.2, 0) is 9.53 Å². The van der Waals surface area contributed by atoms with E-state index in [9.17, 15) is 4.79 Å². The van der Waals surface area contributed by atoms with E-state index in [1.54, 1.807) is 0 Å². The van der Waals surface area contributed by atoms with Crippen molar-refractivity contribution in [1.29, 1.82) is 0 Å². The van der Waals surface area contributed by atoms with E-state index in [2.05, 4.69) is 29.2 Å². The Morgan fingerprint density at radius 2 is 1.92 bits per heavy atom. The van der Waals surface area contributed by atoms with E-state index in [0.717, 1.165) is 43.8 Å². The first kappa shape index (κ1) is 18.5. The molecule has 0 radical (unpaired) electrons. The van der Waals surface area contributed by atoms with Gasteiger partial charge in [-0.3, -0.25) is 9.69 Å². The number of carbonyl (C=O) groups excluding carboxylic acids is 1. The first-order chi connectivity index (χ1) is 12.8. The fourth-order valence-electron chi connectivity index (χ4n) is 3.40. The van der Waals surface area contributed by atoms with Crippen molar-refractivity contribution in [3.63, 3.8) is 0 Å². The van der Waals surface area contributed by atoms with E-state index in [-0.39, 0.29) is 11.9 Å². The average Bonchev–Trinajstić information content (AvgIpc) is 2.69. The van der Waals surface area contributed by atoms with Gasteiger partial charge >= 0.3 is 5.97 Å². The van der Waals surface area contributed by atoms with Gasteiger partial charge in [0.1, 0.15) is 12.4 Å². The molecular weight excluding hydrogens is 326 g/mol. The highest BCUT2D eigenvalue weighted by Gasteiger charge is 2.26. The summed E-state index contributed by atoms with van der Waals surface area (Å²) in [4.78, 5) is 14.2. The Hall–Kier alpha value is -2.33. The molecule has 4 heteroatoms. The second kappa shape index (κ2) is 9.39. The Bertz CT molecular complexity index is 702. The minimum Gasteiger partial charge on any atom is -0.492 e. The van der Waals surface area contributed by atoms with E-state index in [4.69, 9.17) is 9.47 Å². The van der Waals surface area contributed by atoms with Crippen molar-refractivity contribution in [2.45, 2.75) is 19.8 Å². The van der Waals surface area contributed by atoms with Crippen LogP contribution in [0.2, 0.25) is 0 Å². The lowest BCUT2D eigenvalue weighted by molar-refractivity contribution is -0.150. The quantitative estimate of drug-likeness (QED) is 0.705. The molecular formula is C22H27NO3. The van der Waals surface area contributed by atoms with Gasteiger partial charge in [0.05, 0.1) is 12.5 Å². The van der Waals surface area contributed by atoms with E-state index >= 15 is 0 Å². The smallest absolute Gasteiger partial charge is 0.310 e. The van der Waals surface area contributed by atoms with Gasteiger partial charge < -0.3 is 9.47 Å². The van der Waals surface area contributed by atoms with Crippen LogP contribution in [0.25, 0.3) is 11.1 Å². The van der Waals surface area contributed by atoms with Gasteiger partial charge in [-0.1, -0.05) is 42.5 Å². The minimum atomic E-state index is -0.0614. The summed E-state index contributed by atoms with van der Waals surface area (Å²) in [6, 6.07) is 18.5. The highest BCUT2D eigenvalue weighted by molar-refractivity contribution is 5.72. The number of esters is 1. The normalized spacial score (nSPS) is 17.7. The van der Waals surface area contributed by atoms with Crippen LogP contribution in [0, 0.1) is 5.92 Å². The van der Waals surface area contributed by atoms with Crippen LogP contribution >= 0.6 is 0 Å². The molecule has 138 valence electrons. The van der Waals surface area contributed by atoms with Gasteiger partial charge in [-0.25, -0.2) is 0 Å². The summed E-state index contributed by atoms with van der Waals surface area (Å²) in [5, 5.41) is 0. The molecule has 2 aromatic rings. The Labute approximate surface area is 155 Å². The summed E-state index contributed by atoms with van der Waals surface area (Å²) >= 11 is 0. The topological polar surface area (TPSA) is 38.8 Å². The third kappa shape index (κ3) is 5.09. The molecule has 0 bridgehead atoms. The van der Waals surface area contributed by atoms with Crippen LogP contribution in [0.5, 0.6) is 5.75 Å². The first-order valence-corrected chi connectivity index (χ1v) is 9.43. The van der Waals surface area contributed by atoms with Crippen molar-refractivity contribution in [1.82, 2.24) is 4.90 Å². The Morgan fingerprint density at radius 3 is 2.73 bits per heavy atom. The molecule has 1 aliphatic heterocycles. The summed E-state index contributed by atoms with van der Waals surface area (Å²) in [5.41, 5.74) is 2.34. The van der Waals surface area contributed by atoms with E-state index in [1.165, 1.54) is 5.56 Å². The summed E-state index contributed by atoms with van der Waals surface area (Å²) in [5.74, 6) is 0.823. The van der Waals surface area contributed by atoms with Gasteiger partial charge in [-0.05, 0) is 49.6 Å². The number of hydrogen-bond donors (Lipinski definition) is 0. The van der Waals surface area contributed by atoms with E-state index < -0.39 is 0 Å². The molecule has 0 aliphatic carbocycles. The third-order valence-electron chi connectivity index (χ3n) is 4.74. The fourth-order valence-corrected chi connectivity index (χ4v) is 3.40. The molecule has 4 nitrogen and oxygen atoms in total. The van der Waals surface area contributed by atoms with Crippen LogP contribution in [-0.4, -0.2) is 43.7 Å². The van der Waals surface area contributed by atoms with Crippen LogP contribution in [0.1, 0.15) is 19.8 Å². The van der Waals surface area contributed by atoms with Crippen LogP contribution in [0.15, 0.2) is 54.6 Å². The molecule has 1 saturated heterocycles. The number of ether oxygens (including phenoxy) is 2. The molecule has 1 heterocycles. The molecule has 0 aromatic heterocycles. The van der Waals surface area contributed by atoms with Gasteiger partial charge in [-0.2, -0.15) is 0 Å². The highest BCUT2D eigenvalue weighted by Crippen LogP contribution is 2.24. The number of carbonyl (C=O) groups is 1. The van der Waals surface area contributed by atoms with Gasteiger partial charge in [0.25, 0.3) is 0 Å². The van der Waals surface area contributed by atoms with Gasteiger partial charge in [0.15, 0.2) is 0 Å². The van der Waals surface area contributed by atoms with Gasteiger partial charge in [0, 0.05) is 13.1 Å². The Balaban J connectivity index is 1.50. The molecule has 0 N–H and O–H groups in total. The predicted molar refractivity (Wildman–Crippen MR) is 103 cm³/mol. The Morgan fingerprint density at radius 1 is 1.12 bits per heavy atom. The zero-order chi connectivity index (χ0) is 18.2. The number of likely N-dealkylation sites (tertiary alicyclic amines) is 1. The molecule has 1 aliphatic rings. The zero-order valence-corrected chi connectivity index (χ0v) is 15.4. The van der Waals surface area contributed by atoms with Crippen molar-refractivity contribution >= 4 is 5.97 Å². The predicted octanol–water partition coefficient (Wildman–Crippen LogP) is 4.01. The maximum atomic E-state index is 11.9. The van der Waals surface area contributed by atoms with E-state index in [0.29, 0.717) is 13.2 Å². The lowest BCUT2D eigenvalue weighted by atomic mass is 9.98. The summed E-state index contributed by atoms with van der Waals surface area (Å²) in [7, 11) is 0. The van der Waals surface area contributed by atoms with Crippen molar-refractivity contribution < 1.29 is 14.3 Å².